The topological polar surface area (TPSA) is 237 Å². The summed E-state index contributed by atoms with van der Waals surface area (Å²) in [7, 11) is -9.89. The molecule has 0 fully saturated rings. The number of carbonyl (C=O) groups is 4. The number of phosphoric acid groups is 2. The van der Waals surface area contributed by atoms with Crippen molar-refractivity contribution in [1.82, 2.24) is 0 Å². The van der Waals surface area contributed by atoms with Crippen LogP contribution in [0.3, 0.4) is 0 Å². The van der Waals surface area contributed by atoms with Crippen molar-refractivity contribution in [1.29, 1.82) is 0 Å². The van der Waals surface area contributed by atoms with Crippen LogP contribution in [0.25, 0.3) is 0 Å². The fraction of sp³-hybridized carbons (Fsp3) is 0.939. The van der Waals surface area contributed by atoms with E-state index in [0.717, 1.165) is 102 Å². The Bertz CT molecular complexity index is 1670. The third-order valence-corrected chi connectivity index (χ3v) is 17.1. The number of aliphatic hydroxyl groups is 1. The monoisotopic (exact) mass is 1250 g/mol. The molecule has 0 aliphatic carbocycles. The summed E-state index contributed by atoms with van der Waals surface area (Å²) in [4.78, 5) is 72.3. The first-order valence-electron chi connectivity index (χ1n) is 34.5. The zero-order valence-corrected chi connectivity index (χ0v) is 56.7. The predicted octanol–water partition coefficient (Wildman–Crippen LogP) is 18.4. The molecule has 0 radical (unpaired) electrons. The second-order valence-electron chi connectivity index (χ2n) is 24.8. The Morgan fingerprint density at radius 3 is 0.800 bits per heavy atom. The summed E-state index contributed by atoms with van der Waals surface area (Å²) >= 11 is 0. The van der Waals surface area contributed by atoms with Crippen LogP contribution in [0.15, 0.2) is 0 Å². The number of hydrogen-bond donors (Lipinski definition) is 3. The maximum absolute atomic E-state index is 13.0. The third-order valence-electron chi connectivity index (χ3n) is 15.2. The van der Waals surface area contributed by atoms with Gasteiger partial charge in [0.15, 0.2) is 12.2 Å². The molecule has 2 unspecified atom stereocenters. The number of rotatable bonds is 65. The molecule has 0 rings (SSSR count). The van der Waals surface area contributed by atoms with Gasteiger partial charge in [0.05, 0.1) is 26.4 Å². The Morgan fingerprint density at radius 2 is 0.541 bits per heavy atom. The van der Waals surface area contributed by atoms with Gasteiger partial charge in [0.1, 0.15) is 19.3 Å². The molecule has 504 valence electrons. The smallest absolute Gasteiger partial charge is 0.462 e. The number of ether oxygens (including phenoxy) is 4. The molecular formula is C66H128O17P2. The molecule has 0 aromatic heterocycles. The van der Waals surface area contributed by atoms with Crippen LogP contribution < -0.4 is 0 Å². The minimum Gasteiger partial charge on any atom is -0.462 e. The maximum atomic E-state index is 13.0. The van der Waals surface area contributed by atoms with E-state index >= 15 is 0 Å². The number of carbonyl (C=O) groups excluding carboxylic acids is 4. The van der Waals surface area contributed by atoms with Crippen LogP contribution in [0, 0.1) is 11.8 Å². The molecule has 0 bridgehead atoms. The summed E-state index contributed by atoms with van der Waals surface area (Å²) in [5, 5.41) is 10.5. The van der Waals surface area contributed by atoms with Gasteiger partial charge in [-0.1, -0.05) is 279 Å². The Kier molecular flexibility index (Phi) is 57.1. The lowest BCUT2D eigenvalue weighted by Crippen LogP contribution is -2.30. The van der Waals surface area contributed by atoms with Gasteiger partial charge in [0, 0.05) is 25.7 Å². The molecule has 0 heterocycles. The van der Waals surface area contributed by atoms with Crippen LogP contribution in [0.1, 0.15) is 330 Å². The lowest BCUT2D eigenvalue weighted by atomic mass is 10.0. The molecule has 5 atom stereocenters. The van der Waals surface area contributed by atoms with Crippen molar-refractivity contribution in [2.75, 3.05) is 39.6 Å². The maximum Gasteiger partial charge on any atom is 0.472 e. The Hall–Kier alpha value is -1.94. The highest BCUT2D eigenvalue weighted by atomic mass is 31.2. The number of hydrogen-bond acceptors (Lipinski definition) is 15. The predicted molar refractivity (Wildman–Crippen MR) is 340 cm³/mol. The van der Waals surface area contributed by atoms with Crippen molar-refractivity contribution < 1.29 is 80.2 Å². The molecule has 0 aromatic rings. The number of esters is 4. The average Bonchev–Trinajstić information content (AvgIpc) is 3.55. The largest absolute Gasteiger partial charge is 0.472 e. The van der Waals surface area contributed by atoms with Gasteiger partial charge in [-0.3, -0.25) is 37.3 Å². The van der Waals surface area contributed by atoms with Gasteiger partial charge in [0.2, 0.25) is 0 Å². The van der Waals surface area contributed by atoms with Gasteiger partial charge >= 0.3 is 39.5 Å². The van der Waals surface area contributed by atoms with E-state index < -0.39 is 97.5 Å². The van der Waals surface area contributed by atoms with Gasteiger partial charge in [-0.2, -0.15) is 0 Å². The second kappa shape index (κ2) is 58.4. The second-order valence-corrected chi connectivity index (χ2v) is 27.7. The summed E-state index contributed by atoms with van der Waals surface area (Å²) < 4.78 is 68.1. The highest BCUT2D eigenvalue weighted by Crippen LogP contribution is 2.45. The molecule has 0 amide bonds. The first kappa shape index (κ1) is 83.1. The summed E-state index contributed by atoms with van der Waals surface area (Å²) in [6, 6.07) is 0. The van der Waals surface area contributed by atoms with E-state index in [0.29, 0.717) is 25.7 Å². The minimum atomic E-state index is -4.95. The molecule has 17 nitrogen and oxygen atoms in total. The van der Waals surface area contributed by atoms with E-state index in [4.69, 9.17) is 37.0 Å². The van der Waals surface area contributed by atoms with E-state index in [9.17, 15) is 43.2 Å². The van der Waals surface area contributed by atoms with Gasteiger partial charge < -0.3 is 33.8 Å². The SMILES string of the molecule is CCCCCCCCCCCCC(=O)OC[C@H](COP(=O)(O)OC[C@H](O)COP(=O)(O)OC[C@@H](COC(=O)CCCCCCCCCCC(C)C)OC(=O)CCCCCCCCCCCCCC(C)C)OC(=O)CCCCCCCCCCCC. The summed E-state index contributed by atoms with van der Waals surface area (Å²) in [5.74, 6) is -0.639. The van der Waals surface area contributed by atoms with E-state index in [1.165, 1.54) is 148 Å². The van der Waals surface area contributed by atoms with E-state index in [-0.39, 0.29) is 25.7 Å². The van der Waals surface area contributed by atoms with Crippen molar-refractivity contribution in [2.24, 2.45) is 11.8 Å². The van der Waals surface area contributed by atoms with Crippen LogP contribution in [0.5, 0.6) is 0 Å². The molecule has 0 saturated heterocycles. The molecule has 3 N–H and O–H groups in total. The van der Waals surface area contributed by atoms with Crippen LogP contribution in [-0.2, 0) is 65.4 Å². The van der Waals surface area contributed by atoms with Gasteiger partial charge in [-0.15, -0.1) is 0 Å². The highest BCUT2D eigenvalue weighted by Gasteiger charge is 2.30. The molecule has 0 aliphatic rings. The lowest BCUT2D eigenvalue weighted by molar-refractivity contribution is -0.161. The number of phosphoric ester groups is 2. The molecule has 0 spiro atoms. The standard InChI is InChI=1S/C66H128O17P2/c1-7-9-11-13-15-17-23-30-36-42-48-63(68)76-54-61(82-65(70)50-44-38-32-24-18-16-14-12-10-8-2)56-80-84(72,73)78-52-60(67)53-79-85(74,75)81-57-62(55-77-64(69)49-43-37-31-27-26-29-35-41-47-59(5)6)83-66(71)51-45-39-33-25-21-19-20-22-28-34-40-46-58(3)4/h58-62,67H,7-57H2,1-6H3,(H,72,73)(H,74,75)/t60-,61+,62+/m0/s1. The normalized spacial score (nSPS) is 14.2. The Morgan fingerprint density at radius 1 is 0.318 bits per heavy atom. The van der Waals surface area contributed by atoms with Crippen molar-refractivity contribution in [3.63, 3.8) is 0 Å². The zero-order chi connectivity index (χ0) is 62.9. The summed E-state index contributed by atoms with van der Waals surface area (Å²) in [6.45, 7) is 9.46. The first-order chi connectivity index (χ1) is 40.9. The number of unbranched alkanes of at least 4 members (excludes halogenated alkanes) is 35. The van der Waals surface area contributed by atoms with Crippen LogP contribution >= 0.6 is 15.6 Å². The third kappa shape index (κ3) is 60.7. The van der Waals surface area contributed by atoms with Crippen LogP contribution in [0.4, 0.5) is 0 Å². The van der Waals surface area contributed by atoms with Gasteiger partial charge in [-0.25, -0.2) is 9.13 Å². The average molecular weight is 1260 g/mol. The first-order valence-corrected chi connectivity index (χ1v) is 37.5. The van der Waals surface area contributed by atoms with E-state index in [1.54, 1.807) is 0 Å². The van der Waals surface area contributed by atoms with Gasteiger partial charge in [-0.05, 0) is 37.5 Å². The molecule has 19 heteroatoms. The summed E-state index contributed by atoms with van der Waals surface area (Å²) in [6.07, 6.45) is 41.6. The Labute approximate surface area is 517 Å². The minimum absolute atomic E-state index is 0.106. The number of aliphatic hydroxyl groups excluding tert-OH is 1. The zero-order valence-electron chi connectivity index (χ0n) is 54.9. The molecule has 0 aromatic carbocycles. The lowest BCUT2D eigenvalue weighted by Gasteiger charge is -2.21. The Balaban J connectivity index is 5.24. The van der Waals surface area contributed by atoms with Crippen molar-refractivity contribution in [2.45, 2.75) is 349 Å². The summed E-state index contributed by atoms with van der Waals surface area (Å²) in [5.41, 5.74) is 0. The van der Waals surface area contributed by atoms with Crippen LogP contribution in [0.2, 0.25) is 0 Å². The molecule has 0 aliphatic heterocycles. The highest BCUT2D eigenvalue weighted by molar-refractivity contribution is 7.47. The molecule has 85 heavy (non-hydrogen) atoms. The van der Waals surface area contributed by atoms with Crippen LogP contribution in [-0.4, -0.2) is 96.7 Å². The van der Waals surface area contributed by atoms with Crippen molar-refractivity contribution >= 4 is 39.5 Å². The molecule has 0 saturated carbocycles. The van der Waals surface area contributed by atoms with Crippen molar-refractivity contribution in [3.8, 4) is 0 Å². The van der Waals surface area contributed by atoms with Gasteiger partial charge in [0.25, 0.3) is 0 Å². The fourth-order valence-electron chi connectivity index (χ4n) is 9.88. The van der Waals surface area contributed by atoms with Crippen molar-refractivity contribution in [3.05, 3.63) is 0 Å². The fourth-order valence-corrected chi connectivity index (χ4v) is 11.5. The van der Waals surface area contributed by atoms with E-state index in [2.05, 4.69) is 41.5 Å². The quantitative estimate of drug-likeness (QED) is 0.0222. The van der Waals surface area contributed by atoms with E-state index in [1.807, 2.05) is 0 Å². The molecular weight excluding hydrogens is 1130 g/mol.